The van der Waals surface area contributed by atoms with Gasteiger partial charge in [0, 0.05) is 30.7 Å². The summed E-state index contributed by atoms with van der Waals surface area (Å²) in [5, 5.41) is 3.63. The maximum absolute atomic E-state index is 3.63. The first-order valence-corrected chi connectivity index (χ1v) is 8.20. The Bertz CT molecular complexity index is 295. The second-order valence-electron chi connectivity index (χ2n) is 8.62. The smallest absolute Gasteiger partial charge is 0.0281 e. The van der Waals surface area contributed by atoms with Gasteiger partial charge >= 0.3 is 0 Å². The van der Waals surface area contributed by atoms with E-state index in [4.69, 9.17) is 0 Å². The van der Waals surface area contributed by atoms with E-state index in [2.05, 4.69) is 51.8 Å². The van der Waals surface area contributed by atoms with Crippen LogP contribution >= 0.6 is 0 Å². The van der Waals surface area contributed by atoms with Crippen LogP contribution in [-0.2, 0) is 0 Å². The molecule has 2 heteroatoms. The highest BCUT2D eigenvalue weighted by Gasteiger charge is 2.39. The molecule has 19 heavy (non-hydrogen) atoms. The fraction of sp³-hybridized carbons (Fsp3) is 1.00. The predicted molar refractivity (Wildman–Crippen MR) is 83.5 cm³/mol. The van der Waals surface area contributed by atoms with Gasteiger partial charge in [0.1, 0.15) is 0 Å². The maximum atomic E-state index is 3.63. The van der Waals surface area contributed by atoms with Crippen molar-refractivity contribution >= 4 is 0 Å². The zero-order valence-electron chi connectivity index (χ0n) is 13.9. The summed E-state index contributed by atoms with van der Waals surface area (Å²) in [5.74, 6) is 0.923. The molecule has 0 aromatic heterocycles. The number of nitrogens with one attached hydrogen (secondary N) is 1. The third kappa shape index (κ3) is 3.52. The van der Waals surface area contributed by atoms with Crippen molar-refractivity contribution in [2.75, 3.05) is 13.1 Å². The molecule has 2 fully saturated rings. The van der Waals surface area contributed by atoms with Crippen molar-refractivity contribution in [2.24, 2.45) is 11.3 Å². The van der Waals surface area contributed by atoms with Crippen LogP contribution in [0.4, 0.5) is 0 Å². The molecule has 0 bridgehead atoms. The molecule has 2 rings (SSSR count). The quantitative estimate of drug-likeness (QED) is 0.779. The van der Waals surface area contributed by atoms with Crippen LogP contribution in [0.3, 0.4) is 0 Å². The largest absolute Gasteiger partial charge is 0.311 e. The number of nitrogens with zero attached hydrogens (tertiary/aromatic N) is 1. The SMILES string of the molecule is CC1CN(C2CCC(C(C)(C)C)CC2)C(C)(C)CN1. The average Bonchev–Trinajstić information content (AvgIpc) is 2.31. The Morgan fingerprint density at radius 3 is 2.16 bits per heavy atom. The molecular formula is C17H34N2. The Labute approximate surface area is 120 Å². The highest BCUT2D eigenvalue weighted by molar-refractivity contribution is 4.96. The summed E-state index contributed by atoms with van der Waals surface area (Å²) >= 11 is 0. The van der Waals surface area contributed by atoms with Crippen molar-refractivity contribution in [1.29, 1.82) is 0 Å². The molecule has 0 amide bonds. The first-order chi connectivity index (χ1) is 8.70. The summed E-state index contributed by atoms with van der Waals surface area (Å²) in [6.45, 7) is 16.7. The molecular weight excluding hydrogens is 232 g/mol. The molecule has 1 unspecified atom stereocenters. The van der Waals surface area contributed by atoms with E-state index in [-0.39, 0.29) is 0 Å². The summed E-state index contributed by atoms with van der Waals surface area (Å²) in [4.78, 5) is 2.80. The van der Waals surface area contributed by atoms with Crippen molar-refractivity contribution in [2.45, 2.75) is 84.8 Å². The summed E-state index contributed by atoms with van der Waals surface area (Å²) in [5.41, 5.74) is 0.822. The monoisotopic (exact) mass is 266 g/mol. The van der Waals surface area contributed by atoms with Gasteiger partial charge in [-0.05, 0) is 57.8 Å². The molecule has 1 saturated carbocycles. The molecule has 1 N–H and O–H groups in total. The highest BCUT2D eigenvalue weighted by atomic mass is 15.3. The Kier molecular flexibility index (Phi) is 4.32. The molecule has 1 aliphatic carbocycles. The lowest BCUT2D eigenvalue weighted by Crippen LogP contribution is -2.64. The van der Waals surface area contributed by atoms with Crippen molar-refractivity contribution in [3.8, 4) is 0 Å². The fourth-order valence-corrected chi connectivity index (χ4v) is 4.03. The fourth-order valence-electron chi connectivity index (χ4n) is 4.03. The van der Waals surface area contributed by atoms with Gasteiger partial charge in [0.25, 0.3) is 0 Å². The van der Waals surface area contributed by atoms with E-state index in [1.165, 1.54) is 32.2 Å². The van der Waals surface area contributed by atoms with Crippen LogP contribution in [0.5, 0.6) is 0 Å². The van der Waals surface area contributed by atoms with Gasteiger partial charge in [-0.25, -0.2) is 0 Å². The van der Waals surface area contributed by atoms with Crippen LogP contribution in [0.25, 0.3) is 0 Å². The minimum atomic E-state index is 0.325. The molecule has 0 spiro atoms. The van der Waals surface area contributed by atoms with Crippen LogP contribution in [0.2, 0.25) is 0 Å². The Morgan fingerprint density at radius 2 is 1.63 bits per heavy atom. The predicted octanol–water partition coefficient (Wildman–Crippen LogP) is 3.66. The van der Waals surface area contributed by atoms with Crippen LogP contribution in [-0.4, -0.2) is 35.6 Å². The van der Waals surface area contributed by atoms with Gasteiger partial charge in [0.15, 0.2) is 0 Å². The van der Waals surface area contributed by atoms with Gasteiger partial charge < -0.3 is 5.32 Å². The second-order valence-corrected chi connectivity index (χ2v) is 8.62. The van der Waals surface area contributed by atoms with Crippen molar-refractivity contribution in [1.82, 2.24) is 10.2 Å². The minimum absolute atomic E-state index is 0.325. The lowest BCUT2D eigenvalue weighted by molar-refractivity contribution is -0.00135. The lowest BCUT2D eigenvalue weighted by atomic mass is 9.70. The first kappa shape index (κ1) is 15.3. The second kappa shape index (κ2) is 5.37. The van der Waals surface area contributed by atoms with Gasteiger partial charge in [-0.2, -0.15) is 0 Å². The van der Waals surface area contributed by atoms with E-state index >= 15 is 0 Å². The molecule has 0 aromatic carbocycles. The summed E-state index contributed by atoms with van der Waals surface area (Å²) < 4.78 is 0. The molecule has 1 atom stereocenters. The van der Waals surface area contributed by atoms with Crippen LogP contribution in [0, 0.1) is 11.3 Å². The van der Waals surface area contributed by atoms with E-state index in [1.807, 2.05) is 0 Å². The summed E-state index contributed by atoms with van der Waals surface area (Å²) in [6, 6.07) is 1.46. The van der Waals surface area contributed by atoms with E-state index in [0.717, 1.165) is 18.5 Å². The zero-order valence-corrected chi connectivity index (χ0v) is 13.9. The van der Waals surface area contributed by atoms with Crippen LogP contribution in [0.1, 0.15) is 67.2 Å². The number of hydrogen-bond donors (Lipinski definition) is 1. The number of hydrogen-bond acceptors (Lipinski definition) is 2. The summed E-state index contributed by atoms with van der Waals surface area (Å²) in [7, 11) is 0. The first-order valence-electron chi connectivity index (χ1n) is 8.20. The van der Waals surface area contributed by atoms with E-state index in [9.17, 15) is 0 Å². The molecule has 1 aliphatic heterocycles. The van der Waals surface area contributed by atoms with Gasteiger partial charge in [0.2, 0.25) is 0 Å². The Balaban J connectivity index is 1.96. The highest BCUT2D eigenvalue weighted by Crippen LogP contribution is 2.40. The van der Waals surface area contributed by atoms with Gasteiger partial charge in [-0.1, -0.05) is 20.8 Å². The maximum Gasteiger partial charge on any atom is 0.0281 e. The molecule has 1 heterocycles. The van der Waals surface area contributed by atoms with Crippen molar-refractivity contribution < 1.29 is 0 Å². The van der Waals surface area contributed by atoms with E-state index < -0.39 is 0 Å². The van der Waals surface area contributed by atoms with E-state index in [0.29, 0.717) is 17.0 Å². The summed E-state index contributed by atoms with van der Waals surface area (Å²) in [6.07, 6.45) is 5.64. The Morgan fingerprint density at radius 1 is 1.05 bits per heavy atom. The van der Waals surface area contributed by atoms with E-state index in [1.54, 1.807) is 0 Å². The van der Waals surface area contributed by atoms with Crippen LogP contribution in [0.15, 0.2) is 0 Å². The Hall–Kier alpha value is -0.0800. The molecule has 0 aromatic rings. The molecule has 2 aliphatic rings. The number of rotatable bonds is 1. The van der Waals surface area contributed by atoms with Crippen LogP contribution < -0.4 is 5.32 Å². The third-order valence-electron chi connectivity index (χ3n) is 5.49. The zero-order chi connectivity index (χ0) is 14.3. The topological polar surface area (TPSA) is 15.3 Å². The normalized spacial score (nSPS) is 37.3. The van der Waals surface area contributed by atoms with Gasteiger partial charge in [0.05, 0.1) is 0 Å². The molecule has 1 saturated heterocycles. The van der Waals surface area contributed by atoms with Crippen molar-refractivity contribution in [3.63, 3.8) is 0 Å². The van der Waals surface area contributed by atoms with Gasteiger partial charge in [-0.15, -0.1) is 0 Å². The number of piperazine rings is 1. The average molecular weight is 266 g/mol. The third-order valence-corrected chi connectivity index (χ3v) is 5.49. The van der Waals surface area contributed by atoms with Gasteiger partial charge in [-0.3, -0.25) is 4.90 Å². The standard InChI is InChI=1S/C17H34N2/c1-13-11-19(17(5,6)12-18-13)15-9-7-14(8-10-15)16(2,3)4/h13-15,18H,7-12H2,1-6H3. The molecule has 112 valence electrons. The molecule has 2 nitrogen and oxygen atoms in total. The molecule has 0 radical (unpaired) electrons. The van der Waals surface area contributed by atoms with Crippen molar-refractivity contribution in [3.05, 3.63) is 0 Å². The lowest BCUT2D eigenvalue weighted by Gasteiger charge is -2.51. The minimum Gasteiger partial charge on any atom is -0.311 e.